The van der Waals surface area contributed by atoms with Gasteiger partial charge in [0.25, 0.3) is 0 Å². The highest BCUT2D eigenvalue weighted by atomic mass is 14.4. The Labute approximate surface area is 164 Å². The van der Waals surface area contributed by atoms with E-state index in [4.69, 9.17) is 0 Å². The fourth-order valence-corrected chi connectivity index (χ4v) is 5.00. The molecule has 0 aliphatic heterocycles. The van der Waals surface area contributed by atoms with Crippen LogP contribution in [0.25, 0.3) is 0 Å². The molecule has 2 saturated carbocycles. The van der Waals surface area contributed by atoms with Crippen molar-refractivity contribution in [3.8, 4) is 0 Å². The van der Waals surface area contributed by atoms with Crippen molar-refractivity contribution < 1.29 is 0 Å². The van der Waals surface area contributed by atoms with Gasteiger partial charge in [-0.1, -0.05) is 84.1 Å². The molecule has 2 aliphatic carbocycles. The molecule has 0 aromatic heterocycles. The van der Waals surface area contributed by atoms with Crippen LogP contribution in [0.3, 0.4) is 0 Å². The van der Waals surface area contributed by atoms with Crippen molar-refractivity contribution in [3.05, 3.63) is 0 Å². The minimum Gasteiger partial charge on any atom is -0.0776 e. The van der Waals surface area contributed by atoms with Gasteiger partial charge in [-0.05, 0) is 79.4 Å². The summed E-state index contributed by atoms with van der Waals surface area (Å²) in [4.78, 5) is 0. The van der Waals surface area contributed by atoms with Crippen molar-refractivity contribution in [1.82, 2.24) is 0 Å². The van der Waals surface area contributed by atoms with Crippen molar-refractivity contribution in [1.29, 1.82) is 0 Å². The maximum absolute atomic E-state index is 2.41. The van der Waals surface area contributed by atoms with Crippen LogP contribution in [0.1, 0.15) is 123 Å². The van der Waals surface area contributed by atoms with Gasteiger partial charge in [-0.2, -0.15) is 0 Å². The Kier molecular flexibility index (Phi) is 16.8. The highest BCUT2D eigenvalue weighted by molar-refractivity contribution is 4.82. The Morgan fingerprint density at radius 3 is 0.880 bits per heavy atom. The molecule has 0 aromatic carbocycles. The topological polar surface area (TPSA) is 0 Å². The summed E-state index contributed by atoms with van der Waals surface area (Å²) >= 11 is 0. The summed E-state index contributed by atoms with van der Waals surface area (Å²) in [5.74, 6) is 5.84. The van der Waals surface area contributed by atoms with Crippen LogP contribution < -0.4 is 0 Å². The number of hydrogen-bond acceptors (Lipinski definition) is 0. The monoisotopic (exact) mass is 356 g/mol. The minimum atomic E-state index is 0. The second kappa shape index (κ2) is 14.1. The van der Waals surface area contributed by atoms with E-state index in [0.717, 1.165) is 35.5 Å². The molecule has 0 bridgehead atoms. The summed E-state index contributed by atoms with van der Waals surface area (Å²) in [6, 6.07) is 0. The van der Waals surface area contributed by atoms with Crippen LogP contribution in [0, 0.1) is 40.9 Å². The van der Waals surface area contributed by atoms with Gasteiger partial charge in [-0.3, -0.25) is 0 Å². The van der Waals surface area contributed by atoms with Gasteiger partial charge in [-0.25, -0.2) is 0 Å². The average molecular weight is 357 g/mol. The molecule has 0 N–H and O–H groups in total. The normalized spacial score (nSPS) is 34.8. The highest BCUT2D eigenvalue weighted by Gasteiger charge is 2.31. The second-order valence-electron chi connectivity index (χ2n) is 10.0. The third kappa shape index (κ3) is 12.9. The van der Waals surface area contributed by atoms with E-state index in [1.165, 1.54) is 38.5 Å². The predicted molar refractivity (Wildman–Crippen MR) is 121 cm³/mol. The molecule has 156 valence electrons. The van der Waals surface area contributed by atoms with Crippen LogP contribution in [0.15, 0.2) is 0 Å². The van der Waals surface area contributed by atoms with Gasteiger partial charge in [0.05, 0.1) is 0 Å². The first kappa shape index (κ1) is 29.8. The van der Waals surface area contributed by atoms with E-state index in [1.54, 1.807) is 0 Å². The van der Waals surface area contributed by atoms with E-state index in [-0.39, 0.29) is 14.9 Å². The Morgan fingerprint density at radius 2 is 0.680 bits per heavy atom. The summed E-state index contributed by atoms with van der Waals surface area (Å²) < 4.78 is 0. The van der Waals surface area contributed by atoms with Gasteiger partial charge in [0.2, 0.25) is 0 Å². The molecule has 0 nitrogen and oxygen atoms in total. The van der Waals surface area contributed by atoms with Crippen molar-refractivity contribution in [2.24, 2.45) is 40.9 Å². The molecule has 0 saturated heterocycles. The lowest BCUT2D eigenvalue weighted by Gasteiger charge is -2.39. The Morgan fingerprint density at radius 1 is 0.480 bits per heavy atom. The molecule has 0 aromatic rings. The van der Waals surface area contributed by atoms with Gasteiger partial charge >= 0.3 is 0 Å². The summed E-state index contributed by atoms with van der Waals surface area (Å²) in [7, 11) is 0. The first-order valence-corrected chi connectivity index (χ1v) is 10.6. The quantitative estimate of drug-likeness (QED) is 0.405. The third-order valence-electron chi connectivity index (χ3n) is 5.82. The molecule has 0 spiro atoms. The molecule has 0 radical (unpaired) electrons. The summed E-state index contributed by atoms with van der Waals surface area (Å²) in [6.45, 7) is 23.1. The van der Waals surface area contributed by atoms with E-state index in [0.29, 0.717) is 5.41 Å². The Hall–Kier alpha value is 0. The lowest BCUT2D eigenvalue weighted by atomic mass is 9.66. The first-order valence-electron chi connectivity index (χ1n) is 10.6. The molecule has 0 heteroatoms. The molecular weight excluding hydrogens is 300 g/mol. The zero-order valence-electron chi connectivity index (χ0n) is 18.2. The van der Waals surface area contributed by atoms with E-state index >= 15 is 0 Å². The molecule has 0 unspecified atom stereocenters. The first-order chi connectivity index (χ1) is 10.6. The Bertz CT molecular complexity index is 250. The van der Waals surface area contributed by atoms with Crippen LogP contribution in [-0.2, 0) is 0 Å². The molecule has 2 fully saturated rings. The molecule has 2 aliphatic rings. The van der Waals surface area contributed by atoms with Crippen LogP contribution >= 0.6 is 0 Å². The van der Waals surface area contributed by atoms with Crippen LogP contribution in [0.4, 0.5) is 0 Å². The van der Waals surface area contributed by atoms with Gasteiger partial charge in [0.15, 0.2) is 0 Å². The zero-order chi connectivity index (χ0) is 18.2. The lowest BCUT2D eigenvalue weighted by molar-refractivity contribution is 0.115. The summed E-state index contributed by atoms with van der Waals surface area (Å²) in [5, 5.41) is 0. The predicted octanol–water partition coefficient (Wildman–Crippen LogP) is 9.48. The summed E-state index contributed by atoms with van der Waals surface area (Å²) in [6.07, 6.45) is 8.74. The lowest BCUT2D eigenvalue weighted by Crippen LogP contribution is -2.29. The standard InChI is InChI=1S/C12H24.C9H18.C2H6.2CH4/c1-9-6-10(2)8-11(7-9)12(3,4)5;1-7-4-8(2)6-9(3)5-7;1-2;;/h9-11H,6-8H2,1-5H3;7-9H,4-6H2,1-3H3;1-2H3;2*1H4/t9-,10-;;;;/m0..../s1. The maximum Gasteiger partial charge on any atom is -0.0354 e. The average Bonchev–Trinajstić information content (AvgIpc) is 2.38. The number of rotatable bonds is 0. The number of hydrogen-bond donors (Lipinski definition) is 0. The third-order valence-corrected chi connectivity index (χ3v) is 5.82. The van der Waals surface area contributed by atoms with Crippen LogP contribution in [0.5, 0.6) is 0 Å². The summed E-state index contributed by atoms with van der Waals surface area (Å²) in [5.41, 5.74) is 0.531. The second-order valence-corrected chi connectivity index (χ2v) is 10.0. The fourth-order valence-electron chi connectivity index (χ4n) is 5.00. The molecule has 0 heterocycles. The molecule has 0 amide bonds. The SMILES string of the molecule is C.C.CC.CC1CC(C)CC(C)C1.C[C@@H]1CC(C(C)(C)C)C[C@@H](C)C1. The van der Waals surface area contributed by atoms with E-state index in [9.17, 15) is 0 Å². The van der Waals surface area contributed by atoms with Crippen LogP contribution in [0.2, 0.25) is 0 Å². The van der Waals surface area contributed by atoms with Gasteiger partial charge in [0.1, 0.15) is 0 Å². The van der Waals surface area contributed by atoms with E-state index < -0.39 is 0 Å². The van der Waals surface area contributed by atoms with Gasteiger partial charge in [-0.15, -0.1) is 0 Å². The molecule has 2 rings (SSSR count). The maximum atomic E-state index is 2.41. The smallest absolute Gasteiger partial charge is 0.0354 e. The molecule has 25 heavy (non-hydrogen) atoms. The van der Waals surface area contributed by atoms with Crippen molar-refractivity contribution >= 4 is 0 Å². The van der Waals surface area contributed by atoms with Crippen molar-refractivity contribution in [3.63, 3.8) is 0 Å². The molecule has 2 atom stereocenters. The Balaban J connectivity index is -0.000000336. The fraction of sp³-hybridized carbons (Fsp3) is 1.00. The van der Waals surface area contributed by atoms with Crippen molar-refractivity contribution in [2.45, 2.75) is 123 Å². The minimum absolute atomic E-state index is 0. The van der Waals surface area contributed by atoms with Gasteiger partial charge in [0, 0.05) is 0 Å². The van der Waals surface area contributed by atoms with Gasteiger partial charge < -0.3 is 0 Å². The highest BCUT2D eigenvalue weighted by Crippen LogP contribution is 2.42. The van der Waals surface area contributed by atoms with Crippen molar-refractivity contribution in [2.75, 3.05) is 0 Å². The van der Waals surface area contributed by atoms with E-state index in [1.807, 2.05) is 13.8 Å². The van der Waals surface area contributed by atoms with Crippen LogP contribution in [-0.4, -0.2) is 0 Å². The zero-order valence-corrected chi connectivity index (χ0v) is 18.2. The van der Waals surface area contributed by atoms with E-state index in [2.05, 4.69) is 55.4 Å². The molecular formula is C25H56. The largest absolute Gasteiger partial charge is 0.0776 e.